The van der Waals surface area contributed by atoms with E-state index in [0.29, 0.717) is 13.0 Å². The van der Waals surface area contributed by atoms with Crippen LogP contribution in [0.3, 0.4) is 0 Å². The van der Waals surface area contributed by atoms with Crippen molar-refractivity contribution in [3.05, 3.63) is 47.8 Å². The lowest BCUT2D eigenvalue weighted by Gasteiger charge is -2.11. The molecule has 1 heterocycles. The molecule has 21 heavy (non-hydrogen) atoms. The number of hydrogen-bond donors (Lipinski definition) is 1. The highest BCUT2D eigenvalue weighted by Gasteiger charge is 2.16. The van der Waals surface area contributed by atoms with Crippen LogP contribution >= 0.6 is 0 Å². The van der Waals surface area contributed by atoms with Crippen LogP contribution in [0.2, 0.25) is 0 Å². The highest BCUT2D eigenvalue weighted by Crippen LogP contribution is 2.14. The first-order valence-electron chi connectivity index (χ1n) is 6.57. The summed E-state index contributed by atoms with van der Waals surface area (Å²) in [4.78, 5) is 0.276. The van der Waals surface area contributed by atoms with Gasteiger partial charge in [-0.25, -0.2) is 12.7 Å². The van der Waals surface area contributed by atoms with Crippen molar-refractivity contribution in [2.45, 2.75) is 17.9 Å². The molecule has 114 valence electrons. The van der Waals surface area contributed by atoms with Crippen LogP contribution in [0.15, 0.2) is 41.6 Å². The van der Waals surface area contributed by atoms with Gasteiger partial charge in [-0.2, -0.15) is 5.10 Å². The molecule has 0 amide bonds. The van der Waals surface area contributed by atoms with E-state index in [0.717, 1.165) is 11.1 Å². The second kappa shape index (κ2) is 6.38. The predicted molar refractivity (Wildman–Crippen MR) is 79.4 cm³/mol. The average Bonchev–Trinajstić information content (AvgIpc) is 2.87. The van der Waals surface area contributed by atoms with Crippen LogP contribution in [0, 0.1) is 0 Å². The Hall–Kier alpha value is -1.70. The third-order valence-electron chi connectivity index (χ3n) is 3.13. The minimum Gasteiger partial charge on any atom is -0.396 e. The molecule has 0 bridgehead atoms. The molecule has 0 fully saturated rings. The number of sulfonamides is 1. The van der Waals surface area contributed by atoms with Gasteiger partial charge >= 0.3 is 0 Å². The summed E-state index contributed by atoms with van der Waals surface area (Å²) in [6, 6.07) is 6.76. The zero-order chi connectivity index (χ0) is 15.5. The third-order valence-corrected chi connectivity index (χ3v) is 4.96. The fourth-order valence-electron chi connectivity index (χ4n) is 1.92. The Balaban J connectivity index is 2.12. The van der Waals surface area contributed by atoms with Gasteiger partial charge in [-0.15, -0.1) is 0 Å². The molecular weight excluding hydrogens is 290 g/mol. The molecule has 0 aliphatic rings. The number of aliphatic hydroxyl groups excluding tert-OH is 1. The second-order valence-electron chi connectivity index (χ2n) is 4.95. The highest BCUT2D eigenvalue weighted by atomic mass is 32.2. The van der Waals surface area contributed by atoms with Crippen LogP contribution in [0.4, 0.5) is 0 Å². The number of rotatable bonds is 6. The minimum absolute atomic E-state index is 0.1000. The predicted octanol–water partition coefficient (Wildman–Crippen LogP) is 0.717. The largest absolute Gasteiger partial charge is 0.396 e. The smallest absolute Gasteiger partial charge is 0.242 e. The number of aromatic nitrogens is 2. The van der Waals surface area contributed by atoms with Gasteiger partial charge in [-0.3, -0.25) is 4.68 Å². The molecule has 7 heteroatoms. The highest BCUT2D eigenvalue weighted by molar-refractivity contribution is 7.89. The number of benzene rings is 1. The molecule has 0 aliphatic heterocycles. The first-order valence-corrected chi connectivity index (χ1v) is 8.01. The van der Waals surface area contributed by atoms with E-state index in [1.165, 1.54) is 18.4 Å². The molecule has 0 saturated carbocycles. The number of hydrogen-bond acceptors (Lipinski definition) is 4. The van der Waals surface area contributed by atoms with E-state index in [4.69, 9.17) is 5.11 Å². The number of nitrogens with zero attached hydrogens (tertiary/aromatic N) is 3. The Kier molecular flexibility index (Phi) is 4.76. The summed E-state index contributed by atoms with van der Waals surface area (Å²) in [5.41, 5.74) is 1.94. The molecule has 0 aliphatic carbocycles. The average molecular weight is 309 g/mol. The van der Waals surface area contributed by atoms with Gasteiger partial charge < -0.3 is 5.11 Å². The van der Waals surface area contributed by atoms with Crippen molar-refractivity contribution in [2.75, 3.05) is 20.7 Å². The number of aliphatic hydroxyl groups is 1. The van der Waals surface area contributed by atoms with Gasteiger partial charge in [0.1, 0.15) is 0 Å². The monoisotopic (exact) mass is 309 g/mol. The van der Waals surface area contributed by atoms with E-state index < -0.39 is 10.0 Å². The van der Waals surface area contributed by atoms with E-state index in [1.54, 1.807) is 35.1 Å². The van der Waals surface area contributed by atoms with Gasteiger partial charge in [0.25, 0.3) is 0 Å². The van der Waals surface area contributed by atoms with Gasteiger partial charge in [0, 0.05) is 26.9 Å². The fourth-order valence-corrected chi connectivity index (χ4v) is 2.82. The van der Waals surface area contributed by atoms with Gasteiger partial charge in [0.2, 0.25) is 10.0 Å². The normalized spacial score (nSPS) is 12.0. The maximum absolute atomic E-state index is 12.0. The standard InChI is InChI=1S/C14H19N3O3S/c1-16(2)21(19,20)14-5-3-12(4-6-14)10-17-11-13(7-8-18)9-15-17/h3-6,9,11,18H,7-8,10H2,1-2H3. The minimum atomic E-state index is -3.39. The summed E-state index contributed by atoms with van der Waals surface area (Å²) in [5.74, 6) is 0. The van der Waals surface area contributed by atoms with Crippen LogP contribution in [0.25, 0.3) is 0 Å². The van der Waals surface area contributed by atoms with E-state index >= 15 is 0 Å². The lowest BCUT2D eigenvalue weighted by atomic mass is 10.2. The SMILES string of the molecule is CN(C)S(=O)(=O)c1ccc(Cn2cc(CCO)cn2)cc1. The zero-order valence-corrected chi connectivity index (χ0v) is 12.9. The van der Waals surface area contributed by atoms with Crippen LogP contribution in [-0.4, -0.2) is 48.3 Å². The van der Waals surface area contributed by atoms with E-state index in [1.807, 2.05) is 6.20 Å². The molecule has 2 aromatic rings. The summed E-state index contributed by atoms with van der Waals surface area (Å²) in [6.07, 6.45) is 4.18. The molecule has 0 saturated heterocycles. The topological polar surface area (TPSA) is 75.4 Å². The lowest BCUT2D eigenvalue weighted by molar-refractivity contribution is 0.299. The van der Waals surface area contributed by atoms with Crippen LogP contribution in [-0.2, 0) is 23.0 Å². The summed E-state index contributed by atoms with van der Waals surface area (Å²) in [7, 11) is -0.367. The fraction of sp³-hybridized carbons (Fsp3) is 0.357. The molecule has 0 spiro atoms. The maximum Gasteiger partial charge on any atom is 0.242 e. The summed E-state index contributed by atoms with van der Waals surface area (Å²) in [6.45, 7) is 0.663. The third kappa shape index (κ3) is 3.69. The summed E-state index contributed by atoms with van der Waals surface area (Å²) < 4.78 is 26.9. The van der Waals surface area contributed by atoms with E-state index in [-0.39, 0.29) is 11.5 Å². The van der Waals surface area contributed by atoms with Crippen molar-refractivity contribution in [3.8, 4) is 0 Å². The Bertz CT molecular complexity index is 691. The molecule has 0 atom stereocenters. The molecule has 0 unspecified atom stereocenters. The molecule has 1 N–H and O–H groups in total. The van der Waals surface area contributed by atoms with Crippen LogP contribution in [0.5, 0.6) is 0 Å². The first-order chi connectivity index (χ1) is 9.93. The van der Waals surface area contributed by atoms with Crippen LogP contribution < -0.4 is 0 Å². The van der Waals surface area contributed by atoms with Gasteiger partial charge in [-0.05, 0) is 29.7 Å². The van der Waals surface area contributed by atoms with Crippen molar-refractivity contribution in [2.24, 2.45) is 0 Å². The Labute approximate surface area is 124 Å². The molecule has 1 aromatic carbocycles. The maximum atomic E-state index is 12.0. The molecular formula is C14H19N3O3S. The molecule has 0 radical (unpaired) electrons. The Morgan fingerprint density at radius 2 is 1.86 bits per heavy atom. The van der Waals surface area contributed by atoms with E-state index in [2.05, 4.69) is 5.10 Å². The van der Waals surface area contributed by atoms with Crippen molar-refractivity contribution >= 4 is 10.0 Å². The Morgan fingerprint density at radius 3 is 2.43 bits per heavy atom. The van der Waals surface area contributed by atoms with Gasteiger partial charge in [0.05, 0.1) is 17.6 Å². The first kappa shape index (κ1) is 15.7. The van der Waals surface area contributed by atoms with Crippen molar-refractivity contribution in [3.63, 3.8) is 0 Å². The van der Waals surface area contributed by atoms with Crippen molar-refractivity contribution < 1.29 is 13.5 Å². The Morgan fingerprint density at radius 1 is 1.19 bits per heavy atom. The molecule has 6 nitrogen and oxygen atoms in total. The molecule has 1 aromatic heterocycles. The quantitative estimate of drug-likeness (QED) is 0.853. The van der Waals surface area contributed by atoms with Crippen LogP contribution in [0.1, 0.15) is 11.1 Å². The van der Waals surface area contributed by atoms with Gasteiger partial charge in [0.15, 0.2) is 0 Å². The second-order valence-corrected chi connectivity index (χ2v) is 7.10. The lowest BCUT2D eigenvalue weighted by Crippen LogP contribution is -2.22. The van der Waals surface area contributed by atoms with Crippen molar-refractivity contribution in [1.82, 2.24) is 14.1 Å². The summed E-state index contributed by atoms with van der Waals surface area (Å²) in [5, 5.41) is 13.1. The molecule has 2 rings (SSSR count). The van der Waals surface area contributed by atoms with Crippen molar-refractivity contribution in [1.29, 1.82) is 0 Å². The zero-order valence-electron chi connectivity index (χ0n) is 12.1. The van der Waals surface area contributed by atoms with E-state index in [9.17, 15) is 8.42 Å². The van der Waals surface area contributed by atoms with Gasteiger partial charge in [-0.1, -0.05) is 12.1 Å². The summed E-state index contributed by atoms with van der Waals surface area (Å²) >= 11 is 0.